The molecule has 1 heterocycles. The number of hydrogen-bond donors (Lipinski definition) is 1. The van der Waals surface area contributed by atoms with E-state index in [1.807, 2.05) is 31.3 Å². The second-order valence-corrected chi connectivity index (χ2v) is 6.38. The summed E-state index contributed by atoms with van der Waals surface area (Å²) in [5.74, 6) is 0.917. The summed E-state index contributed by atoms with van der Waals surface area (Å²) < 4.78 is 2.79. The summed E-state index contributed by atoms with van der Waals surface area (Å²) in [6.07, 6.45) is 5.83. The number of nitriles is 1. The summed E-state index contributed by atoms with van der Waals surface area (Å²) in [7, 11) is 1.90. The van der Waals surface area contributed by atoms with Crippen LogP contribution < -0.4 is 5.32 Å². The molecule has 1 aromatic carbocycles. The van der Waals surface area contributed by atoms with Crippen molar-refractivity contribution in [3.05, 3.63) is 40.5 Å². The van der Waals surface area contributed by atoms with Crippen molar-refractivity contribution in [2.75, 3.05) is 5.32 Å². The van der Waals surface area contributed by atoms with Crippen LogP contribution in [0.25, 0.3) is 0 Å². The molecular weight excluding hydrogens is 328 g/mol. The predicted molar refractivity (Wildman–Crippen MR) is 86.4 cm³/mol. The van der Waals surface area contributed by atoms with Gasteiger partial charge in [0.2, 0.25) is 0 Å². The Labute approximate surface area is 132 Å². The molecule has 0 amide bonds. The lowest BCUT2D eigenvalue weighted by molar-refractivity contribution is 0.572. The average Bonchev–Trinajstić information content (AvgIpc) is 3.10. The van der Waals surface area contributed by atoms with Crippen molar-refractivity contribution in [1.29, 1.82) is 5.26 Å². The molecule has 0 radical (unpaired) electrons. The van der Waals surface area contributed by atoms with Crippen LogP contribution in [0.4, 0.5) is 11.5 Å². The van der Waals surface area contributed by atoms with Crippen molar-refractivity contribution in [2.24, 2.45) is 7.05 Å². The maximum atomic E-state index is 9.78. The minimum Gasteiger partial charge on any atom is -0.340 e. The third-order valence-electron chi connectivity index (χ3n) is 4.25. The first-order chi connectivity index (χ1) is 10.2. The third-order valence-corrected chi connectivity index (χ3v) is 4.91. The smallest absolute Gasteiger partial charge is 0.128 e. The fourth-order valence-corrected chi connectivity index (χ4v) is 3.89. The van der Waals surface area contributed by atoms with Crippen molar-refractivity contribution < 1.29 is 0 Å². The molecule has 0 atom stereocenters. The van der Waals surface area contributed by atoms with Crippen LogP contribution in [0.1, 0.15) is 31.2 Å². The highest BCUT2D eigenvalue weighted by Gasteiger charge is 2.39. The molecule has 5 heteroatoms. The zero-order valence-electron chi connectivity index (χ0n) is 11.9. The van der Waals surface area contributed by atoms with E-state index < -0.39 is 0 Å². The van der Waals surface area contributed by atoms with Gasteiger partial charge in [0.25, 0.3) is 0 Å². The van der Waals surface area contributed by atoms with Gasteiger partial charge < -0.3 is 5.32 Å². The van der Waals surface area contributed by atoms with E-state index in [2.05, 4.69) is 32.4 Å². The molecule has 2 aromatic rings. The predicted octanol–water partition coefficient (Wildman–Crippen LogP) is 4.26. The van der Waals surface area contributed by atoms with Crippen LogP contribution in [-0.2, 0) is 12.5 Å². The first kappa shape index (κ1) is 14.2. The molecule has 0 aliphatic heterocycles. The van der Waals surface area contributed by atoms with Crippen molar-refractivity contribution in [2.45, 2.75) is 31.1 Å². The normalized spacial score (nSPS) is 16.6. The molecule has 1 aromatic heterocycles. The molecule has 0 spiro atoms. The summed E-state index contributed by atoms with van der Waals surface area (Å²) in [6.45, 7) is 0. The van der Waals surface area contributed by atoms with Crippen LogP contribution in [0.15, 0.2) is 34.9 Å². The minimum absolute atomic E-state index is 0.388. The van der Waals surface area contributed by atoms with Gasteiger partial charge in [-0.1, -0.05) is 34.8 Å². The Balaban J connectivity index is 2.08. The SMILES string of the molecule is Cn1nccc1Nc1cccc(Br)c1C1(C#N)CCCC1. The van der Waals surface area contributed by atoms with Crippen molar-refractivity contribution >= 4 is 27.4 Å². The molecule has 1 aliphatic carbocycles. The van der Waals surface area contributed by atoms with Crippen LogP contribution in [0, 0.1) is 11.3 Å². The molecule has 1 N–H and O–H groups in total. The lowest BCUT2D eigenvalue weighted by Gasteiger charge is -2.26. The van der Waals surface area contributed by atoms with E-state index in [4.69, 9.17) is 0 Å². The minimum atomic E-state index is -0.388. The first-order valence-corrected chi connectivity index (χ1v) is 7.91. The molecule has 4 nitrogen and oxygen atoms in total. The Hall–Kier alpha value is -1.80. The van der Waals surface area contributed by atoms with Crippen LogP contribution in [-0.4, -0.2) is 9.78 Å². The zero-order valence-corrected chi connectivity index (χ0v) is 13.5. The summed E-state index contributed by atoms with van der Waals surface area (Å²) in [6, 6.07) is 10.5. The highest BCUT2D eigenvalue weighted by Crippen LogP contribution is 2.47. The highest BCUT2D eigenvalue weighted by molar-refractivity contribution is 9.10. The van der Waals surface area contributed by atoms with Gasteiger partial charge in [0.05, 0.1) is 17.7 Å². The fourth-order valence-electron chi connectivity index (χ4n) is 3.15. The number of anilines is 2. The zero-order chi connectivity index (χ0) is 14.9. The van der Waals surface area contributed by atoms with Gasteiger partial charge in [-0.05, 0) is 25.0 Å². The Morgan fingerprint density at radius 3 is 2.71 bits per heavy atom. The monoisotopic (exact) mass is 344 g/mol. The van der Waals surface area contributed by atoms with Crippen LogP contribution >= 0.6 is 15.9 Å². The van der Waals surface area contributed by atoms with E-state index in [1.165, 1.54) is 0 Å². The molecule has 21 heavy (non-hydrogen) atoms. The summed E-state index contributed by atoms with van der Waals surface area (Å²) >= 11 is 3.64. The molecule has 3 rings (SSSR count). The Morgan fingerprint density at radius 1 is 1.33 bits per heavy atom. The highest BCUT2D eigenvalue weighted by atomic mass is 79.9. The summed E-state index contributed by atoms with van der Waals surface area (Å²) in [5.41, 5.74) is 1.67. The molecule has 1 aliphatic rings. The van der Waals surface area contributed by atoms with Gasteiger partial charge in [0, 0.05) is 28.8 Å². The van der Waals surface area contributed by atoms with Gasteiger partial charge in [-0.25, -0.2) is 0 Å². The average molecular weight is 345 g/mol. The fraction of sp³-hybridized carbons (Fsp3) is 0.375. The standard InChI is InChI=1S/C16H17BrN4/c1-21-14(7-10-19-21)20-13-6-4-5-12(17)15(13)16(11-18)8-2-3-9-16/h4-7,10,20H,2-3,8-9H2,1H3. The number of hydrogen-bond acceptors (Lipinski definition) is 3. The second-order valence-electron chi connectivity index (χ2n) is 5.53. The number of benzene rings is 1. The van der Waals surface area contributed by atoms with Gasteiger partial charge in [-0.15, -0.1) is 0 Å². The molecule has 0 bridgehead atoms. The number of nitrogens with zero attached hydrogens (tertiary/aromatic N) is 3. The van der Waals surface area contributed by atoms with E-state index in [1.54, 1.807) is 10.9 Å². The number of aryl methyl sites for hydroxylation is 1. The van der Waals surface area contributed by atoms with Gasteiger partial charge >= 0.3 is 0 Å². The van der Waals surface area contributed by atoms with Crippen LogP contribution in [0.2, 0.25) is 0 Å². The Morgan fingerprint density at radius 2 is 2.10 bits per heavy atom. The van der Waals surface area contributed by atoms with E-state index >= 15 is 0 Å². The quantitative estimate of drug-likeness (QED) is 0.904. The van der Waals surface area contributed by atoms with E-state index in [-0.39, 0.29) is 5.41 Å². The lowest BCUT2D eigenvalue weighted by Crippen LogP contribution is -2.22. The topological polar surface area (TPSA) is 53.6 Å². The number of nitrogens with one attached hydrogen (secondary N) is 1. The maximum absolute atomic E-state index is 9.78. The molecule has 0 saturated heterocycles. The van der Waals surface area contributed by atoms with Gasteiger partial charge in [0.1, 0.15) is 5.82 Å². The maximum Gasteiger partial charge on any atom is 0.128 e. The number of halogens is 1. The number of aromatic nitrogens is 2. The summed E-state index contributed by atoms with van der Waals surface area (Å²) in [5, 5.41) is 17.4. The van der Waals surface area contributed by atoms with E-state index in [0.29, 0.717) is 0 Å². The summed E-state index contributed by atoms with van der Waals surface area (Å²) in [4.78, 5) is 0. The number of rotatable bonds is 3. The third kappa shape index (κ3) is 2.44. The van der Waals surface area contributed by atoms with Gasteiger partial charge in [-0.3, -0.25) is 4.68 Å². The van der Waals surface area contributed by atoms with Crippen molar-refractivity contribution in [1.82, 2.24) is 9.78 Å². The van der Waals surface area contributed by atoms with Crippen molar-refractivity contribution in [3.63, 3.8) is 0 Å². The molecule has 0 unspecified atom stereocenters. The van der Waals surface area contributed by atoms with Crippen LogP contribution in [0.3, 0.4) is 0 Å². The molecule has 1 saturated carbocycles. The second kappa shape index (κ2) is 5.53. The molecule has 108 valence electrons. The van der Waals surface area contributed by atoms with E-state index in [0.717, 1.165) is 47.2 Å². The van der Waals surface area contributed by atoms with E-state index in [9.17, 15) is 5.26 Å². The van der Waals surface area contributed by atoms with Gasteiger partial charge in [0.15, 0.2) is 0 Å². The Bertz CT molecular complexity index is 693. The van der Waals surface area contributed by atoms with Crippen molar-refractivity contribution in [3.8, 4) is 6.07 Å². The first-order valence-electron chi connectivity index (χ1n) is 7.11. The molecule has 1 fully saturated rings. The molecular formula is C16H17BrN4. The van der Waals surface area contributed by atoms with Crippen LogP contribution in [0.5, 0.6) is 0 Å². The largest absolute Gasteiger partial charge is 0.340 e. The van der Waals surface area contributed by atoms with Gasteiger partial charge in [-0.2, -0.15) is 10.4 Å². The Kier molecular flexibility index (Phi) is 3.73. The lowest BCUT2D eigenvalue weighted by atomic mass is 9.79.